The molecule has 0 bridgehead atoms. The van der Waals surface area contributed by atoms with E-state index in [2.05, 4.69) is 11.9 Å². The second-order valence-corrected chi connectivity index (χ2v) is 4.42. The summed E-state index contributed by atoms with van der Waals surface area (Å²) < 4.78 is 5.09. The second-order valence-electron chi connectivity index (χ2n) is 4.42. The first kappa shape index (κ1) is 13.4. The third-order valence-electron chi connectivity index (χ3n) is 3.28. The zero-order valence-corrected chi connectivity index (χ0v) is 11.6. The fourth-order valence-corrected chi connectivity index (χ4v) is 2.33. The number of esters is 1. The van der Waals surface area contributed by atoms with Gasteiger partial charge in [-0.2, -0.15) is 0 Å². The van der Waals surface area contributed by atoms with E-state index in [9.17, 15) is 4.79 Å². The summed E-state index contributed by atoms with van der Waals surface area (Å²) in [5.74, 6) is -0.281. The molecule has 0 unspecified atom stereocenters. The molecular weight excluding hydrogens is 238 g/mol. The molecule has 0 aliphatic carbocycles. The van der Waals surface area contributed by atoms with Gasteiger partial charge in [0.15, 0.2) is 0 Å². The smallest absolute Gasteiger partial charge is 0.355 e. The van der Waals surface area contributed by atoms with Crippen molar-refractivity contribution in [2.75, 3.05) is 6.61 Å². The lowest BCUT2D eigenvalue weighted by molar-refractivity contribution is 0.0519. The molecule has 0 atom stereocenters. The number of H-pyrrole nitrogens is 1. The highest BCUT2D eigenvalue weighted by Crippen LogP contribution is 2.28. The number of hydrogen-bond donors (Lipinski definition) is 1. The Morgan fingerprint density at radius 1 is 1.21 bits per heavy atom. The third-order valence-corrected chi connectivity index (χ3v) is 3.28. The Kier molecular flexibility index (Phi) is 4.05. The van der Waals surface area contributed by atoms with Crippen LogP contribution in [0.15, 0.2) is 30.3 Å². The Morgan fingerprint density at radius 2 is 1.89 bits per heavy atom. The van der Waals surface area contributed by atoms with Gasteiger partial charge in [-0.1, -0.05) is 37.3 Å². The van der Waals surface area contributed by atoms with E-state index in [-0.39, 0.29) is 5.97 Å². The molecule has 100 valence electrons. The molecular formula is C16H19NO2. The summed E-state index contributed by atoms with van der Waals surface area (Å²) in [5.41, 5.74) is 4.84. The van der Waals surface area contributed by atoms with Crippen molar-refractivity contribution in [1.82, 2.24) is 4.98 Å². The van der Waals surface area contributed by atoms with Crippen molar-refractivity contribution in [3.8, 4) is 11.3 Å². The van der Waals surface area contributed by atoms with Crippen molar-refractivity contribution in [3.05, 3.63) is 47.2 Å². The predicted molar refractivity (Wildman–Crippen MR) is 76.3 cm³/mol. The molecule has 0 aliphatic heterocycles. The monoisotopic (exact) mass is 257 g/mol. The van der Waals surface area contributed by atoms with E-state index in [1.807, 2.05) is 44.2 Å². The highest BCUT2D eigenvalue weighted by Gasteiger charge is 2.19. The molecule has 0 aliphatic rings. The number of carbonyl (C=O) groups is 1. The lowest BCUT2D eigenvalue weighted by Crippen LogP contribution is -2.06. The van der Waals surface area contributed by atoms with Crippen LogP contribution in [0.3, 0.4) is 0 Å². The zero-order valence-electron chi connectivity index (χ0n) is 11.6. The van der Waals surface area contributed by atoms with Crippen molar-refractivity contribution >= 4 is 5.97 Å². The van der Waals surface area contributed by atoms with Gasteiger partial charge in [0.1, 0.15) is 5.69 Å². The van der Waals surface area contributed by atoms with E-state index in [1.165, 1.54) is 5.56 Å². The van der Waals surface area contributed by atoms with Crippen molar-refractivity contribution < 1.29 is 9.53 Å². The van der Waals surface area contributed by atoms with Gasteiger partial charge in [-0.3, -0.25) is 0 Å². The summed E-state index contributed by atoms with van der Waals surface area (Å²) in [7, 11) is 0. The number of ether oxygens (including phenoxy) is 1. The normalized spacial score (nSPS) is 10.5. The summed E-state index contributed by atoms with van der Waals surface area (Å²) in [5, 5.41) is 0. The number of carbonyl (C=O) groups excluding carboxylic acids is 1. The average Bonchev–Trinajstić information content (AvgIpc) is 2.77. The van der Waals surface area contributed by atoms with Crippen LogP contribution in [0.4, 0.5) is 0 Å². The van der Waals surface area contributed by atoms with Gasteiger partial charge in [-0.15, -0.1) is 0 Å². The SMILES string of the molecule is CCOC(=O)c1[nH]c(-c2ccccc2)c(CC)c1C. The molecule has 0 fully saturated rings. The van der Waals surface area contributed by atoms with Gasteiger partial charge in [0.05, 0.1) is 6.61 Å². The van der Waals surface area contributed by atoms with Crippen molar-refractivity contribution in [2.45, 2.75) is 27.2 Å². The Balaban J connectivity index is 2.51. The average molecular weight is 257 g/mol. The molecule has 1 heterocycles. The van der Waals surface area contributed by atoms with Crippen LogP contribution in [-0.4, -0.2) is 17.6 Å². The maximum Gasteiger partial charge on any atom is 0.355 e. The standard InChI is InChI=1S/C16H19NO2/c1-4-13-11(3)14(16(18)19-5-2)17-15(13)12-9-7-6-8-10-12/h6-10,17H,4-5H2,1-3H3. The highest BCUT2D eigenvalue weighted by molar-refractivity contribution is 5.91. The third kappa shape index (κ3) is 2.55. The fourth-order valence-electron chi connectivity index (χ4n) is 2.33. The quantitative estimate of drug-likeness (QED) is 0.848. The van der Waals surface area contributed by atoms with Crippen molar-refractivity contribution in [1.29, 1.82) is 0 Å². The Labute approximate surface area is 113 Å². The maximum absolute atomic E-state index is 11.9. The van der Waals surface area contributed by atoms with E-state index in [0.717, 1.165) is 23.2 Å². The summed E-state index contributed by atoms with van der Waals surface area (Å²) in [6.07, 6.45) is 0.881. The van der Waals surface area contributed by atoms with Crippen LogP contribution in [-0.2, 0) is 11.2 Å². The van der Waals surface area contributed by atoms with Crippen LogP contribution in [0.5, 0.6) is 0 Å². The number of nitrogens with one attached hydrogen (secondary N) is 1. The van der Waals surface area contributed by atoms with Gasteiger partial charge in [0, 0.05) is 5.69 Å². The molecule has 0 saturated heterocycles. The summed E-state index contributed by atoms with van der Waals surface area (Å²) in [4.78, 5) is 15.2. The number of aromatic amines is 1. The van der Waals surface area contributed by atoms with E-state index < -0.39 is 0 Å². The Morgan fingerprint density at radius 3 is 2.47 bits per heavy atom. The van der Waals surface area contributed by atoms with Gasteiger partial charge < -0.3 is 9.72 Å². The minimum Gasteiger partial charge on any atom is -0.461 e. The molecule has 3 heteroatoms. The second kappa shape index (κ2) is 5.74. The van der Waals surface area contributed by atoms with E-state index in [1.54, 1.807) is 0 Å². The molecule has 0 saturated carbocycles. The summed E-state index contributed by atoms with van der Waals surface area (Å²) in [6.45, 7) is 6.26. The number of aromatic nitrogens is 1. The van der Waals surface area contributed by atoms with Crippen LogP contribution >= 0.6 is 0 Å². The first-order valence-electron chi connectivity index (χ1n) is 6.63. The fraction of sp³-hybridized carbons (Fsp3) is 0.312. The molecule has 0 radical (unpaired) electrons. The first-order chi connectivity index (χ1) is 9.19. The minimum atomic E-state index is -0.281. The topological polar surface area (TPSA) is 42.1 Å². The Bertz CT molecular complexity index is 570. The predicted octanol–water partition coefficient (Wildman–Crippen LogP) is 3.73. The van der Waals surface area contributed by atoms with Gasteiger partial charge in [0.2, 0.25) is 0 Å². The molecule has 1 N–H and O–H groups in total. The van der Waals surface area contributed by atoms with E-state index in [4.69, 9.17) is 4.74 Å². The zero-order chi connectivity index (χ0) is 13.8. The molecule has 19 heavy (non-hydrogen) atoms. The maximum atomic E-state index is 11.9. The molecule has 1 aromatic heterocycles. The molecule has 2 rings (SSSR count). The summed E-state index contributed by atoms with van der Waals surface area (Å²) >= 11 is 0. The van der Waals surface area contributed by atoms with Crippen molar-refractivity contribution in [3.63, 3.8) is 0 Å². The molecule has 0 spiro atoms. The van der Waals surface area contributed by atoms with Crippen LogP contribution in [0.2, 0.25) is 0 Å². The van der Waals surface area contributed by atoms with Gasteiger partial charge in [-0.25, -0.2) is 4.79 Å². The van der Waals surface area contributed by atoms with Gasteiger partial charge >= 0.3 is 5.97 Å². The minimum absolute atomic E-state index is 0.281. The number of hydrogen-bond acceptors (Lipinski definition) is 2. The van der Waals surface area contributed by atoms with Crippen LogP contribution in [0.1, 0.15) is 35.5 Å². The number of benzene rings is 1. The molecule has 3 nitrogen and oxygen atoms in total. The van der Waals surface area contributed by atoms with Crippen molar-refractivity contribution in [2.24, 2.45) is 0 Å². The van der Waals surface area contributed by atoms with Gasteiger partial charge in [0.25, 0.3) is 0 Å². The lowest BCUT2D eigenvalue weighted by Gasteiger charge is -2.02. The van der Waals surface area contributed by atoms with Crippen LogP contribution in [0, 0.1) is 6.92 Å². The molecule has 1 aromatic carbocycles. The first-order valence-corrected chi connectivity index (χ1v) is 6.63. The van der Waals surface area contributed by atoms with Gasteiger partial charge in [-0.05, 0) is 37.0 Å². The Hall–Kier alpha value is -2.03. The largest absolute Gasteiger partial charge is 0.461 e. The van der Waals surface area contributed by atoms with E-state index >= 15 is 0 Å². The van der Waals surface area contributed by atoms with E-state index in [0.29, 0.717) is 12.3 Å². The molecule has 0 amide bonds. The van der Waals surface area contributed by atoms with Crippen LogP contribution in [0.25, 0.3) is 11.3 Å². The lowest BCUT2D eigenvalue weighted by atomic mass is 10.0. The summed E-state index contributed by atoms with van der Waals surface area (Å²) in [6, 6.07) is 10.1. The van der Waals surface area contributed by atoms with Crippen LogP contribution < -0.4 is 0 Å². The number of rotatable bonds is 4. The highest BCUT2D eigenvalue weighted by atomic mass is 16.5. The molecule has 2 aromatic rings.